The van der Waals surface area contributed by atoms with Crippen LogP contribution in [0.4, 0.5) is 5.82 Å². The zero-order chi connectivity index (χ0) is 11.0. The fraction of sp³-hybridized carbons (Fsp3) is 0.400. The summed E-state index contributed by atoms with van der Waals surface area (Å²) in [5, 5.41) is 5.33. The minimum Gasteiger partial charge on any atom is -0.382 e. The molecule has 2 rings (SSSR count). The Kier molecular flexibility index (Phi) is 2.48. The van der Waals surface area contributed by atoms with Gasteiger partial charge in [0.1, 0.15) is 5.82 Å². The molecule has 2 N–H and O–H groups in total. The lowest BCUT2D eigenvalue weighted by atomic mass is 10.4. The zero-order valence-corrected chi connectivity index (χ0v) is 9.93. The van der Waals surface area contributed by atoms with Crippen LogP contribution in [0.2, 0.25) is 0 Å². The number of rotatable bonds is 2. The monoisotopic (exact) mass is 222 g/mol. The van der Waals surface area contributed by atoms with Crippen molar-refractivity contribution >= 4 is 17.2 Å². The van der Waals surface area contributed by atoms with Crippen LogP contribution in [0.5, 0.6) is 0 Å². The maximum Gasteiger partial charge on any atom is 0.145 e. The molecule has 0 radical (unpaired) electrons. The summed E-state index contributed by atoms with van der Waals surface area (Å²) in [6.07, 6.45) is 0. The average molecular weight is 222 g/mol. The van der Waals surface area contributed by atoms with Crippen LogP contribution < -0.4 is 5.73 Å². The first-order valence-corrected chi connectivity index (χ1v) is 5.60. The summed E-state index contributed by atoms with van der Waals surface area (Å²) in [5.41, 5.74) is 7.80. The molecule has 2 aromatic rings. The standard InChI is InChI=1S/C10H14N4S/c1-6-4-10(11)13-14(6)5-9-7(2)12-8(3)15-9/h4H,5H2,1-3H3,(H2,11,13). The molecule has 0 saturated heterocycles. The number of hydrogen-bond donors (Lipinski definition) is 1. The van der Waals surface area contributed by atoms with Crippen molar-refractivity contribution in [2.75, 3.05) is 5.73 Å². The Labute approximate surface area is 92.8 Å². The van der Waals surface area contributed by atoms with Crippen LogP contribution in [0.25, 0.3) is 0 Å². The Morgan fingerprint density at radius 1 is 1.40 bits per heavy atom. The van der Waals surface area contributed by atoms with Crippen molar-refractivity contribution in [2.24, 2.45) is 0 Å². The number of thiazole rings is 1. The minimum atomic E-state index is 0.575. The normalized spacial score (nSPS) is 10.9. The molecule has 0 unspecified atom stereocenters. The number of aromatic nitrogens is 3. The predicted octanol–water partition coefficient (Wildman–Crippen LogP) is 1.90. The van der Waals surface area contributed by atoms with E-state index in [9.17, 15) is 0 Å². The molecule has 0 spiro atoms. The first-order chi connectivity index (χ1) is 7.06. The molecule has 80 valence electrons. The van der Waals surface area contributed by atoms with Crippen LogP contribution in [-0.2, 0) is 6.54 Å². The van der Waals surface area contributed by atoms with Gasteiger partial charge in [0, 0.05) is 16.6 Å². The van der Waals surface area contributed by atoms with E-state index in [-0.39, 0.29) is 0 Å². The third-order valence-electron chi connectivity index (χ3n) is 2.29. The Morgan fingerprint density at radius 2 is 2.13 bits per heavy atom. The van der Waals surface area contributed by atoms with Crippen LogP contribution in [-0.4, -0.2) is 14.8 Å². The summed E-state index contributed by atoms with van der Waals surface area (Å²) >= 11 is 1.71. The summed E-state index contributed by atoms with van der Waals surface area (Å²) in [6.45, 7) is 6.82. The number of nitrogens with zero attached hydrogens (tertiary/aromatic N) is 3. The third-order valence-corrected chi connectivity index (χ3v) is 3.35. The summed E-state index contributed by atoms with van der Waals surface area (Å²) in [4.78, 5) is 5.64. The summed E-state index contributed by atoms with van der Waals surface area (Å²) in [6, 6.07) is 1.88. The van der Waals surface area contributed by atoms with Gasteiger partial charge < -0.3 is 5.73 Å². The third kappa shape index (κ3) is 2.02. The first kappa shape index (κ1) is 10.2. The van der Waals surface area contributed by atoms with Crippen LogP contribution in [0.1, 0.15) is 21.3 Å². The maximum atomic E-state index is 5.63. The van der Waals surface area contributed by atoms with Gasteiger partial charge in [-0.3, -0.25) is 4.68 Å². The molecule has 0 atom stereocenters. The molecule has 2 heterocycles. The molecule has 2 aromatic heterocycles. The lowest BCUT2D eigenvalue weighted by molar-refractivity contribution is 0.672. The van der Waals surface area contributed by atoms with Crippen LogP contribution >= 0.6 is 11.3 Å². The molecule has 0 aliphatic carbocycles. The van der Waals surface area contributed by atoms with E-state index >= 15 is 0 Å². The number of nitrogens with two attached hydrogens (primary N) is 1. The van der Waals surface area contributed by atoms with Gasteiger partial charge in [0.05, 0.1) is 17.2 Å². The fourth-order valence-corrected chi connectivity index (χ4v) is 2.47. The molecule has 5 heteroatoms. The van der Waals surface area contributed by atoms with Crippen LogP contribution in [0, 0.1) is 20.8 Å². The summed E-state index contributed by atoms with van der Waals surface area (Å²) in [5.74, 6) is 0.575. The van der Waals surface area contributed by atoms with Gasteiger partial charge in [-0.15, -0.1) is 11.3 Å². The van der Waals surface area contributed by atoms with E-state index < -0.39 is 0 Å². The van der Waals surface area contributed by atoms with Gasteiger partial charge in [-0.05, 0) is 20.8 Å². The largest absolute Gasteiger partial charge is 0.382 e. The van der Waals surface area contributed by atoms with E-state index in [1.54, 1.807) is 11.3 Å². The molecular weight excluding hydrogens is 208 g/mol. The van der Waals surface area contributed by atoms with Crippen molar-refractivity contribution in [3.05, 3.63) is 27.3 Å². The average Bonchev–Trinajstić information content (AvgIpc) is 2.58. The molecular formula is C10H14N4S. The predicted molar refractivity (Wildman–Crippen MR) is 62.1 cm³/mol. The second-order valence-corrected chi connectivity index (χ2v) is 4.90. The summed E-state index contributed by atoms with van der Waals surface area (Å²) < 4.78 is 1.91. The van der Waals surface area contributed by atoms with Gasteiger partial charge in [-0.25, -0.2) is 4.98 Å². The van der Waals surface area contributed by atoms with E-state index in [2.05, 4.69) is 10.1 Å². The molecule has 0 bridgehead atoms. The Hall–Kier alpha value is -1.36. The van der Waals surface area contributed by atoms with Gasteiger partial charge in [0.25, 0.3) is 0 Å². The molecule has 0 fully saturated rings. The quantitative estimate of drug-likeness (QED) is 0.844. The van der Waals surface area contributed by atoms with Crippen molar-refractivity contribution in [3.63, 3.8) is 0 Å². The van der Waals surface area contributed by atoms with E-state index in [1.807, 2.05) is 31.5 Å². The van der Waals surface area contributed by atoms with Gasteiger partial charge in [-0.2, -0.15) is 5.10 Å². The lowest BCUT2D eigenvalue weighted by Gasteiger charge is -2.01. The highest BCUT2D eigenvalue weighted by Crippen LogP contribution is 2.19. The van der Waals surface area contributed by atoms with Gasteiger partial charge in [0.2, 0.25) is 0 Å². The lowest BCUT2D eigenvalue weighted by Crippen LogP contribution is -2.03. The number of aryl methyl sites for hydroxylation is 3. The highest BCUT2D eigenvalue weighted by molar-refractivity contribution is 7.11. The molecule has 0 aromatic carbocycles. The van der Waals surface area contributed by atoms with Gasteiger partial charge in [0.15, 0.2) is 0 Å². The van der Waals surface area contributed by atoms with Crippen molar-refractivity contribution in [3.8, 4) is 0 Å². The number of nitrogen functional groups attached to an aromatic ring is 1. The van der Waals surface area contributed by atoms with Crippen LogP contribution in [0.15, 0.2) is 6.07 Å². The maximum absolute atomic E-state index is 5.63. The summed E-state index contributed by atoms with van der Waals surface area (Å²) in [7, 11) is 0. The van der Waals surface area contributed by atoms with Crippen molar-refractivity contribution in [1.82, 2.24) is 14.8 Å². The molecule has 0 amide bonds. The number of anilines is 1. The highest BCUT2D eigenvalue weighted by Gasteiger charge is 2.08. The van der Waals surface area contributed by atoms with Crippen molar-refractivity contribution < 1.29 is 0 Å². The molecule has 0 aliphatic heterocycles. The smallest absolute Gasteiger partial charge is 0.145 e. The SMILES string of the molecule is Cc1nc(C)c(Cn2nc(N)cc2C)s1. The minimum absolute atomic E-state index is 0.575. The first-order valence-electron chi connectivity index (χ1n) is 4.79. The molecule has 0 aliphatic rings. The van der Waals surface area contributed by atoms with Crippen molar-refractivity contribution in [1.29, 1.82) is 0 Å². The van der Waals surface area contributed by atoms with E-state index in [0.29, 0.717) is 5.82 Å². The zero-order valence-electron chi connectivity index (χ0n) is 9.11. The Morgan fingerprint density at radius 3 is 2.60 bits per heavy atom. The fourth-order valence-electron chi connectivity index (χ4n) is 1.55. The van der Waals surface area contributed by atoms with E-state index in [0.717, 1.165) is 22.9 Å². The molecule has 0 saturated carbocycles. The van der Waals surface area contributed by atoms with Crippen LogP contribution in [0.3, 0.4) is 0 Å². The topological polar surface area (TPSA) is 56.7 Å². The second-order valence-electron chi connectivity index (χ2n) is 3.61. The molecule has 4 nitrogen and oxygen atoms in total. The molecule has 15 heavy (non-hydrogen) atoms. The van der Waals surface area contributed by atoms with Crippen molar-refractivity contribution in [2.45, 2.75) is 27.3 Å². The Bertz CT molecular complexity index is 439. The highest BCUT2D eigenvalue weighted by atomic mass is 32.1. The van der Waals surface area contributed by atoms with Gasteiger partial charge >= 0.3 is 0 Å². The Balaban J connectivity index is 2.29. The number of hydrogen-bond acceptors (Lipinski definition) is 4. The van der Waals surface area contributed by atoms with E-state index in [1.165, 1.54) is 4.88 Å². The van der Waals surface area contributed by atoms with E-state index in [4.69, 9.17) is 5.73 Å². The van der Waals surface area contributed by atoms with Gasteiger partial charge in [-0.1, -0.05) is 0 Å². The second kappa shape index (κ2) is 3.66.